The molecule has 2 aromatic heterocycles. The van der Waals surface area contributed by atoms with Gasteiger partial charge in [0.05, 0.1) is 0 Å². The van der Waals surface area contributed by atoms with Crippen molar-refractivity contribution in [3.63, 3.8) is 0 Å². The van der Waals surface area contributed by atoms with E-state index in [9.17, 15) is 0 Å². The molecule has 7 aromatic rings. The third-order valence-electron chi connectivity index (χ3n) is 12.3. The van der Waals surface area contributed by atoms with Crippen LogP contribution in [-0.2, 0) is 48.1 Å². The predicted molar refractivity (Wildman–Crippen MR) is 251 cm³/mol. The first kappa shape index (κ1) is 43.4. The predicted octanol–water partition coefficient (Wildman–Crippen LogP) is 14.7. The molecule has 1 aliphatic heterocycles. The molecule has 0 saturated carbocycles. The second kappa shape index (κ2) is 15.1. The molecule has 8 rings (SSSR count). The van der Waals surface area contributed by atoms with Gasteiger partial charge in [-0.2, -0.15) is 47.0 Å². The van der Waals surface area contributed by atoms with E-state index in [1.54, 1.807) is 0 Å². The maximum atomic E-state index is 4.95. The molecule has 0 aliphatic carbocycles. The Morgan fingerprint density at radius 3 is 1.73 bits per heavy atom. The van der Waals surface area contributed by atoms with Crippen molar-refractivity contribution < 1.29 is 21.1 Å². The fourth-order valence-corrected chi connectivity index (χ4v) is 8.60. The molecular weight excluding hydrogens is 912 g/mol. The number of aromatic nitrogens is 2. The average Bonchev–Trinajstić information content (AvgIpc) is 3.72. The Morgan fingerprint density at radius 1 is 0.517 bits per heavy atom. The average molecular weight is 973 g/mol. The van der Waals surface area contributed by atoms with Crippen LogP contribution in [0.15, 0.2) is 109 Å². The molecule has 0 amide bonds. The molecule has 0 radical (unpaired) electrons. The minimum atomic E-state index is -0.441. The van der Waals surface area contributed by atoms with E-state index in [0.717, 1.165) is 39.4 Å². The van der Waals surface area contributed by atoms with E-state index < -0.39 is 5.41 Å². The smallest absolute Gasteiger partial charge is 0.135 e. The van der Waals surface area contributed by atoms with Gasteiger partial charge in [-0.05, 0) is 79.5 Å². The summed E-state index contributed by atoms with van der Waals surface area (Å²) >= 11 is 0. The first-order chi connectivity index (χ1) is 27.5. The zero-order valence-corrected chi connectivity index (χ0v) is 40.3. The SMILES string of the molecule is CC(C)(C)c1cc(N2[CH-]N(c3c(C(C)(C)C)cccc3C(C)(C)C)c3ccccc32)[c-]c(C(C)(C)c2[c-]c3c(cc2)c2ccccc2n3-c2cc(C(C)(C)C)ccn2)c1.[Pt]. The van der Waals surface area contributed by atoms with Crippen LogP contribution in [0.1, 0.15) is 130 Å². The summed E-state index contributed by atoms with van der Waals surface area (Å²) in [5.41, 5.74) is 13.5. The van der Waals surface area contributed by atoms with Crippen molar-refractivity contribution in [2.75, 3.05) is 9.80 Å². The molecular formula is C55H61N4Pt-3. The van der Waals surface area contributed by atoms with E-state index in [-0.39, 0.29) is 42.7 Å². The van der Waals surface area contributed by atoms with Crippen LogP contribution in [-0.4, -0.2) is 9.55 Å². The maximum Gasteiger partial charge on any atom is 0.135 e. The standard InChI is InChI=1S/C55H61N4.Pt/c1-51(2,3)36-28-29-56-49(34-36)59-45-23-16-15-20-41(45)42-27-26-37(33-48(42)59)55(13,14)39-30-38(52(4,5)6)31-40(32-39)57-35-58(47-25-18-17-24-46(47)57)50-43(53(7,8)9)21-19-22-44(50)54(10,11)12;/h15-31,34-35H,1-14H3;/q-3;. The van der Waals surface area contributed by atoms with Gasteiger partial charge in [0.1, 0.15) is 5.82 Å². The molecule has 4 nitrogen and oxygen atoms in total. The number of rotatable bonds is 5. The second-order valence-electron chi connectivity index (χ2n) is 21.2. The van der Waals surface area contributed by atoms with Gasteiger partial charge in [0, 0.05) is 49.8 Å². The molecule has 5 aromatic carbocycles. The van der Waals surface area contributed by atoms with Crippen molar-refractivity contribution in [1.82, 2.24) is 9.55 Å². The number of benzene rings is 5. The Kier molecular flexibility index (Phi) is 10.9. The Bertz CT molecular complexity index is 2690. The quantitative estimate of drug-likeness (QED) is 0.161. The summed E-state index contributed by atoms with van der Waals surface area (Å²) in [6.45, 7) is 34.5. The number of pyridine rings is 1. The number of anilines is 4. The molecule has 0 spiro atoms. The second-order valence-corrected chi connectivity index (χ2v) is 21.2. The van der Waals surface area contributed by atoms with Crippen LogP contribution in [0.25, 0.3) is 27.6 Å². The summed E-state index contributed by atoms with van der Waals surface area (Å²) in [6, 6.07) is 45.9. The van der Waals surface area contributed by atoms with Gasteiger partial charge < -0.3 is 14.4 Å². The van der Waals surface area contributed by atoms with Crippen molar-refractivity contribution in [2.45, 2.75) is 124 Å². The van der Waals surface area contributed by atoms with Crippen molar-refractivity contribution >= 4 is 44.6 Å². The molecule has 314 valence electrons. The monoisotopic (exact) mass is 972 g/mol. The maximum absolute atomic E-state index is 4.95. The molecule has 0 saturated heterocycles. The topological polar surface area (TPSA) is 24.3 Å². The number of para-hydroxylation sites is 4. The summed E-state index contributed by atoms with van der Waals surface area (Å²) in [6.07, 6.45) is 1.94. The van der Waals surface area contributed by atoms with Crippen LogP contribution in [0.4, 0.5) is 22.7 Å². The van der Waals surface area contributed by atoms with E-state index in [1.165, 1.54) is 44.4 Å². The molecule has 0 bridgehead atoms. The third kappa shape index (κ3) is 7.63. The minimum Gasteiger partial charge on any atom is -0.493 e. The number of hydrogen-bond acceptors (Lipinski definition) is 3. The Hall–Kier alpha value is -4.66. The van der Waals surface area contributed by atoms with Crippen molar-refractivity contribution in [3.05, 3.63) is 162 Å². The normalized spacial score (nSPS) is 13.9. The summed E-state index contributed by atoms with van der Waals surface area (Å²) in [5.74, 6) is 0.911. The summed E-state index contributed by atoms with van der Waals surface area (Å²) in [5, 5.41) is 2.37. The Morgan fingerprint density at radius 2 is 1.12 bits per heavy atom. The van der Waals surface area contributed by atoms with Crippen LogP contribution in [0.5, 0.6) is 0 Å². The first-order valence-corrected chi connectivity index (χ1v) is 21.2. The molecule has 5 heteroatoms. The molecule has 0 atom stereocenters. The minimum absolute atomic E-state index is 0. The summed E-state index contributed by atoms with van der Waals surface area (Å²) in [4.78, 5) is 9.74. The van der Waals surface area contributed by atoms with E-state index in [2.05, 4.69) is 233 Å². The summed E-state index contributed by atoms with van der Waals surface area (Å²) < 4.78 is 2.30. The zero-order chi connectivity index (χ0) is 42.4. The Labute approximate surface area is 374 Å². The van der Waals surface area contributed by atoms with Crippen LogP contribution in [0.2, 0.25) is 0 Å². The van der Waals surface area contributed by atoms with Crippen LogP contribution in [0.3, 0.4) is 0 Å². The van der Waals surface area contributed by atoms with Crippen molar-refractivity contribution in [1.29, 1.82) is 0 Å². The molecule has 0 N–H and O–H groups in total. The molecule has 0 fully saturated rings. The Balaban J connectivity index is 0.00000544. The van der Waals surface area contributed by atoms with Gasteiger partial charge in [-0.1, -0.05) is 151 Å². The molecule has 3 heterocycles. The van der Waals surface area contributed by atoms with E-state index in [4.69, 9.17) is 4.98 Å². The number of nitrogens with zero attached hydrogens (tertiary/aromatic N) is 4. The van der Waals surface area contributed by atoms with Crippen LogP contribution < -0.4 is 9.80 Å². The van der Waals surface area contributed by atoms with Gasteiger partial charge in [-0.25, -0.2) is 4.98 Å². The molecule has 1 aliphatic rings. The molecule has 60 heavy (non-hydrogen) atoms. The van der Waals surface area contributed by atoms with Gasteiger partial charge in [0.15, 0.2) is 0 Å². The van der Waals surface area contributed by atoms with Crippen molar-refractivity contribution in [2.24, 2.45) is 0 Å². The van der Waals surface area contributed by atoms with Crippen LogP contribution >= 0.6 is 0 Å². The van der Waals surface area contributed by atoms with Gasteiger partial charge >= 0.3 is 0 Å². The largest absolute Gasteiger partial charge is 0.493 e. The van der Waals surface area contributed by atoms with Gasteiger partial charge in [-0.15, -0.1) is 23.8 Å². The van der Waals surface area contributed by atoms with Crippen LogP contribution in [0, 0.1) is 18.8 Å². The van der Waals surface area contributed by atoms with Gasteiger partial charge in [0.2, 0.25) is 0 Å². The van der Waals surface area contributed by atoms with Crippen molar-refractivity contribution in [3.8, 4) is 5.82 Å². The van der Waals surface area contributed by atoms with E-state index in [0.29, 0.717) is 0 Å². The fourth-order valence-electron chi connectivity index (χ4n) is 8.60. The van der Waals surface area contributed by atoms with Gasteiger partial charge in [0.25, 0.3) is 0 Å². The number of fused-ring (bicyclic) bond motifs is 4. The number of hydrogen-bond donors (Lipinski definition) is 0. The summed E-state index contributed by atoms with van der Waals surface area (Å²) in [7, 11) is 0. The van der Waals surface area contributed by atoms with E-state index >= 15 is 0 Å². The third-order valence-corrected chi connectivity index (χ3v) is 12.3. The van der Waals surface area contributed by atoms with Gasteiger partial charge in [-0.3, -0.25) is 0 Å². The zero-order valence-electron chi connectivity index (χ0n) is 38.1. The molecule has 0 unspecified atom stereocenters. The first-order valence-electron chi connectivity index (χ1n) is 21.2. The van der Waals surface area contributed by atoms with E-state index in [1.807, 2.05) is 6.20 Å². The fraction of sp³-hybridized carbons (Fsp3) is 0.345.